The fourth-order valence-corrected chi connectivity index (χ4v) is 5.57. The van der Waals surface area contributed by atoms with E-state index in [1.54, 1.807) is 5.38 Å². The number of carbonyl (C=O) groups is 2. The van der Waals surface area contributed by atoms with Gasteiger partial charge in [-0.15, -0.1) is 11.3 Å². The van der Waals surface area contributed by atoms with Gasteiger partial charge in [0, 0.05) is 48.0 Å². The molecular formula is C26H24F3N5O2S. The van der Waals surface area contributed by atoms with Gasteiger partial charge in [0.05, 0.1) is 11.2 Å². The lowest BCUT2D eigenvalue weighted by Crippen LogP contribution is -2.29. The third kappa shape index (κ3) is 5.13. The molecule has 4 aromatic rings. The smallest absolute Gasteiger partial charge is 0.188 e. The number of anilines is 1. The van der Waals surface area contributed by atoms with Crippen LogP contribution in [-0.4, -0.2) is 37.5 Å². The molecule has 0 saturated heterocycles. The highest BCUT2D eigenvalue weighted by atomic mass is 32.1. The van der Waals surface area contributed by atoms with Gasteiger partial charge in [0.15, 0.2) is 34.0 Å². The first-order valence-electron chi connectivity index (χ1n) is 12.0. The van der Waals surface area contributed by atoms with Crippen molar-refractivity contribution in [3.63, 3.8) is 0 Å². The molecule has 1 fully saturated rings. The number of hydrogen-bond donors (Lipinski definition) is 2. The maximum absolute atomic E-state index is 15.0. The molecule has 0 unspecified atom stereocenters. The zero-order valence-corrected chi connectivity index (χ0v) is 21.0. The number of aryl methyl sites for hydroxylation is 1. The molecule has 1 saturated carbocycles. The quantitative estimate of drug-likeness (QED) is 0.276. The van der Waals surface area contributed by atoms with Gasteiger partial charge in [-0.05, 0) is 38.2 Å². The van der Waals surface area contributed by atoms with Gasteiger partial charge in [-0.25, -0.2) is 28.1 Å². The molecule has 1 aromatic carbocycles. The minimum absolute atomic E-state index is 0.0105. The number of Topliss-reactive ketones (excluding diaryl/α,β-unsaturated/α-hetero) is 2. The molecule has 7 nitrogen and oxygen atoms in total. The number of nitrogens with one attached hydrogen (secondary N) is 2. The Bertz CT molecular complexity index is 1520. The highest BCUT2D eigenvalue weighted by molar-refractivity contribution is 7.11. The van der Waals surface area contributed by atoms with Crippen LogP contribution in [0.15, 0.2) is 23.7 Å². The van der Waals surface area contributed by atoms with Crippen LogP contribution in [0, 0.1) is 30.3 Å². The maximum atomic E-state index is 15.0. The zero-order chi connectivity index (χ0) is 26.3. The highest BCUT2D eigenvalue weighted by Crippen LogP contribution is 2.33. The van der Waals surface area contributed by atoms with Crippen molar-refractivity contribution in [1.29, 1.82) is 0 Å². The van der Waals surface area contributed by atoms with E-state index >= 15 is 4.39 Å². The minimum atomic E-state index is -0.739. The van der Waals surface area contributed by atoms with Crippen LogP contribution in [-0.2, 0) is 0 Å². The van der Waals surface area contributed by atoms with Crippen LogP contribution < -0.4 is 5.32 Å². The number of fused-ring (bicyclic) bond motifs is 1. The van der Waals surface area contributed by atoms with Crippen LogP contribution in [0.4, 0.5) is 19.0 Å². The van der Waals surface area contributed by atoms with E-state index in [-0.39, 0.29) is 51.8 Å². The Labute approximate surface area is 214 Å². The molecule has 2 N–H and O–H groups in total. The number of halogens is 3. The van der Waals surface area contributed by atoms with E-state index < -0.39 is 17.5 Å². The first-order valence-corrected chi connectivity index (χ1v) is 12.8. The van der Waals surface area contributed by atoms with E-state index in [9.17, 15) is 18.4 Å². The van der Waals surface area contributed by atoms with Gasteiger partial charge in [-0.3, -0.25) is 9.59 Å². The average molecular weight is 528 g/mol. The van der Waals surface area contributed by atoms with Crippen LogP contribution in [0.5, 0.6) is 0 Å². The summed E-state index contributed by atoms with van der Waals surface area (Å²) in [7, 11) is 0. The molecule has 2 atom stereocenters. The summed E-state index contributed by atoms with van der Waals surface area (Å²) in [4.78, 5) is 39.7. The first kappa shape index (κ1) is 25.1. The van der Waals surface area contributed by atoms with E-state index in [2.05, 4.69) is 25.3 Å². The number of aromatic amines is 1. The first-order chi connectivity index (χ1) is 17.7. The second-order valence-corrected chi connectivity index (χ2v) is 10.3. The lowest BCUT2D eigenvalue weighted by molar-refractivity contribution is 0.0944. The summed E-state index contributed by atoms with van der Waals surface area (Å²) >= 11 is 1.16. The van der Waals surface area contributed by atoms with Gasteiger partial charge in [-0.2, -0.15) is 0 Å². The molecule has 11 heteroatoms. The number of carbonyl (C=O) groups excluding carboxylic acids is 2. The van der Waals surface area contributed by atoms with Crippen LogP contribution in [0.1, 0.15) is 65.0 Å². The Morgan fingerprint density at radius 2 is 1.97 bits per heavy atom. The van der Waals surface area contributed by atoms with Gasteiger partial charge in [0.1, 0.15) is 17.3 Å². The molecule has 0 bridgehead atoms. The average Bonchev–Trinajstić information content (AvgIpc) is 3.50. The van der Waals surface area contributed by atoms with E-state index in [0.717, 1.165) is 36.7 Å². The molecule has 0 radical (unpaired) electrons. The lowest BCUT2D eigenvalue weighted by Gasteiger charge is -2.30. The topological polar surface area (TPSA) is 101 Å². The fraction of sp³-hybridized carbons (Fsp3) is 0.346. The predicted octanol–water partition coefficient (Wildman–Crippen LogP) is 6.25. The second kappa shape index (κ2) is 10.0. The zero-order valence-electron chi connectivity index (χ0n) is 20.2. The number of nitrogens with zero attached hydrogens (tertiary/aromatic N) is 3. The molecular weight excluding hydrogens is 503 g/mol. The van der Waals surface area contributed by atoms with Crippen LogP contribution >= 0.6 is 11.3 Å². The Morgan fingerprint density at radius 3 is 2.73 bits per heavy atom. The standard InChI is InChI=1S/C26H24F3N5O2S/c1-12-22(29)25(34-24(31-12)18-10-30-23-17(18)8-15(27)9-19(23)28)32-16-5-3-4-14(6-16)7-21(36)20-11-37-26(33-20)13(2)35/h8-11,14,16,30H,3-7H2,1-2H3,(H,31,32,34)/t14-,16+/m1/s1. The maximum Gasteiger partial charge on any atom is 0.188 e. The SMILES string of the molecule is CC(=O)c1nc(C(=O)C[C@@H]2CCC[C@H](Nc3nc(-c4c[nH]c5c(F)cc(F)cc45)nc(C)c3F)C2)cs1. The number of ketones is 2. The van der Waals surface area contributed by atoms with Crippen molar-refractivity contribution in [2.24, 2.45) is 5.92 Å². The Kier molecular flexibility index (Phi) is 6.80. The molecule has 0 amide bonds. The van der Waals surface area contributed by atoms with Gasteiger partial charge < -0.3 is 10.3 Å². The molecule has 37 heavy (non-hydrogen) atoms. The summed E-state index contributed by atoms with van der Waals surface area (Å²) in [6.45, 7) is 2.92. The number of aromatic nitrogens is 4. The van der Waals surface area contributed by atoms with Crippen molar-refractivity contribution in [2.45, 2.75) is 52.0 Å². The van der Waals surface area contributed by atoms with Crippen molar-refractivity contribution in [3.8, 4) is 11.4 Å². The van der Waals surface area contributed by atoms with Crippen molar-refractivity contribution < 1.29 is 22.8 Å². The summed E-state index contributed by atoms with van der Waals surface area (Å²) < 4.78 is 43.0. The molecule has 192 valence electrons. The molecule has 0 spiro atoms. The molecule has 3 aromatic heterocycles. The minimum Gasteiger partial charge on any atom is -0.365 e. The van der Waals surface area contributed by atoms with Crippen molar-refractivity contribution in [3.05, 3.63) is 57.6 Å². The second-order valence-electron chi connectivity index (χ2n) is 9.40. The van der Waals surface area contributed by atoms with Crippen molar-refractivity contribution in [2.75, 3.05) is 5.32 Å². The Hall–Kier alpha value is -3.60. The van der Waals surface area contributed by atoms with Crippen LogP contribution in [0.3, 0.4) is 0 Å². The third-order valence-corrected chi connectivity index (χ3v) is 7.60. The summed E-state index contributed by atoms with van der Waals surface area (Å²) in [5.41, 5.74) is 0.886. The van der Waals surface area contributed by atoms with E-state index in [4.69, 9.17) is 0 Å². The summed E-state index contributed by atoms with van der Waals surface area (Å²) in [6, 6.07) is 1.85. The molecule has 3 heterocycles. The van der Waals surface area contributed by atoms with Gasteiger partial charge in [0.2, 0.25) is 0 Å². The van der Waals surface area contributed by atoms with Gasteiger partial charge in [-0.1, -0.05) is 6.42 Å². The number of rotatable bonds is 7. The summed E-state index contributed by atoms with van der Waals surface area (Å²) in [5, 5.41) is 5.36. The monoisotopic (exact) mass is 527 g/mol. The third-order valence-electron chi connectivity index (χ3n) is 6.65. The largest absolute Gasteiger partial charge is 0.365 e. The summed E-state index contributed by atoms with van der Waals surface area (Å²) in [5.74, 6) is -2.13. The lowest BCUT2D eigenvalue weighted by atomic mass is 9.82. The predicted molar refractivity (Wildman–Crippen MR) is 134 cm³/mol. The van der Waals surface area contributed by atoms with Crippen LogP contribution in [0.25, 0.3) is 22.3 Å². The highest BCUT2D eigenvalue weighted by Gasteiger charge is 2.27. The van der Waals surface area contributed by atoms with E-state index in [1.165, 1.54) is 26.1 Å². The van der Waals surface area contributed by atoms with E-state index in [0.29, 0.717) is 29.1 Å². The molecule has 1 aliphatic carbocycles. The fourth-order valence-electron chi connectivity index (χ4n) is 4.85. The number of hydrogen-bond acceptors (Lipinski definition) is 7. The molecule has 0 aliphatic heterocycles. The summed E-state index contributed by atoms with van der Waals surface area (Å²) in [6.07, 6.45) is 4.89. The number of thiazole rings is 1. The Balaban J connectivity index is 1.34. The van der Waals surface area contributed by atoms with Gasteiger partial charge in [0.25, 0.3) is 0 Å². The van der Waals surface area contributed by atoms with Crippen molar-refractivity contribution in [1.82, 2.24) is 19.9 Å². The number of H-pyrrole nitrogens is 1. The van der Waals surface area contributed by atoms with Gasteiger partial charge >= 0.3 is 0 Å². The van der Waals surface area contributed by atoms with E-state index in [1.807, 2.05) is 0 Å². The van der Waals surface area contributed by atoms with Crippen LogP contribution in [0.2, 0.25) is 0 Å². The number of benzene rings is 1. The Morgan fingerprint density at radius 1 is 1.16 bits per heavy atom. The molecule has 5 rings (SSSR count). The molecule has 1 aliphatic rings. The van der Waals surface area contributed by atoms with Crippen molar-refractivity contribution >= 4 is 39.6 Å². The normalized spacial score (nSPS) is 17.8.